The molecule has 0 bridgehead atoms. The zero-order valence-corrected chi connectivity index (χ0v) is 8.71. The molecule has 1 aromatic carbocycles. The van der Waals surface area contributed by atoms with Crippen molar-refractivity contribution in [3.05, 3.63) is 52.3 Å². The van der Waals surface area contributed by atoms with Gasteiger partial charge in [-0.2, -0.15) is 0 Å². The summed E-state index contributed by atoms with van der Waals surface area (Å²) in [6.45, 7) is 1.23. The molecule has 0 atom stereocenters. The molecule has 1 aromatic rings. The van der Waals surface area contributed by atoms with Gasteiger partial charge in [0.05, 0.1) is 0 Å². The second kappa shape index (κ2) is 5.65. The molecule has 16 heavy (non-hydrogen) atoms. The Morgan fingerprint density at radius 2 is 2.00 bits per heavy atom. The first-order chi connectivity index (χ1) is 7.65. The summed E-state index contributed by atoms with van der Waals surface area (Å²) in [5.41, 5.74) is 0.188. The quantitative estimate of drug-likeness (QED) is 0.366. The fraction of sp³-hybridized carbons (Fsp3) is 0.182. The number of rotatable bonds is 4. The first-order valence-corrected chi connectivity index (χ1v) is 4.59. The summed E-state index contributed by atoms with van der Waals surface area (Å²) in [7, 11) is 0. The van der Waals surface area contributed by atoms with Crippen LogP contribution in [0.4, 0.5) is 0 Å². The molecule has 84 valence electrons. The highest BCUT2D eigenvalue weighted by molar-refractivity contribution is 5.88. The lowest BCUT2D eigenvalue weighted by atomic mass is 10.2. The molecule has 0 spiro atoms. The first-order valence-electron chi connectivity index (χ1n) is 4.59. The zero-order chi connectivity index (χ0) is 12.0. The third-order valence-electron chi connectivity index (χ3n) is 1.84. The van der Waals surface area contributed by atoms with Gasteiger partial charge in [-0.15, -0.1) is 4.91 Å². The van der Waals surface area contributed by atoms with Crippen LogP contribution in [-0.2, 0) is 16.1 Å². The Kier molecular flexibility index (Phi) is 4.20. The number of nitroso groups, excluding NO2 is 1. The molecule has 5 heteroatoms. The summed E-state index contributed by atoms with van der Waals surface area (Å²) in [4.78, 5) is 21.5. The van der Waals surface area contributed by atoms with Gasteiger partial charge in [0.15, 0.2) is 0 Å². The van der Waals surface area contributed by atoms with Crippen LogP contribution in [0.2, 0.25) is 0 Å². The summed E-state index contributed by atoms with van der Waals surface area (Å²) in [6, 6.07) is 8.99. The van der Waals surface area contributed by atoms with Gasteiger partial charge in [-0.25, -0.2) is 4.79 Å². The molecular weight excluding hydrogens is 210 g/mol. The molecule has 1 rings (SSSR count). The first kappa shape index (κ1) is 11.9. The van der Waals surface area contributed by atoms with E-state index in [1.54, 1.807) is 24.3 Å². The van der Waals surface area contributed by atoms with Gasteiger partial charge >= 0.3 is 5.97 Å². The topological polar surface area (TPSA) is 76.0 Å². The van der Waals surface area contributed by atoms with Gasteiger partial charge in [-0.05, 0) is 17.7 Å². The Bertz CT molecular complexity index is 407. The van der Waals surface area contributed by atoms with Crippen molar-refractivity contribution in [2.75, 3.05) is 0 Å². The van der Waals surface area contributed by atoms with Gasteiger partial charge in [0.1, 0.15) is 12.4 Å². The average molecular weight is 221 g/mol. The van der Waals surface area contributed by atoms with Crippen LogP contribution < -0.4 is 0 Å². The molecule has 0 heterocycles. The fourth-order valence-electron chi connectivity index (χ4n) is 1.04. The number of aliphatic hydroxyl groups is 1. The molecule has 0 fully saturated rings. The van der Waals surface area contributed by atoms with Gasteiger partial charge in [0.2, 0.25) is 5.70 Å². The number of esters is 1. The van der Waals surface area contributed by atoms with Crippen LogP contribution in [0.15, 0.2) is 47.0 Å². The highest BCUT2D eigenvalue weighted by Gasteiger charge is 2.15. The van der Waals surface area contributed by atoms with E-state index in [9.17, 15) is 9.70 Å². The van der Waals surface area contributed by atoms with Crippen LogP contribution >= 0.6 is 0 Å². The van der Waals surface area contributed by atoms with Gasteiger partial charge in [0.25, 0.3) is 0 Å². The Labute approximate surface area is 92.3 Å². The Hall–Kier alpha value is -2.17. The van der Waals surface area contributed by atoms with Crippen LogP contribution in [0.5, 0.6) is 0 Å². The van der Waals surface area contributed by atoms with Crippen molar-refractivity contribution in [1.29, 1.82) is 0 Å². The van der Waals surface area contributed by atoms with Gasteiger partial charge in [-0.3, -0.25) is 0 Å². The molecule has 0 radical (unpaired) electrons. The van der Waals surface area contributed by atoms with E-state index in [2.05, 4.69) is 5.18 Å². The second-order valence-corrected chi connectivity index (χ2v) is 3.09. The van der Waals surface area contributed by atoms with Gasteiger partial charge in [-0.1, -0.05) is 30.3 Å². The fourth-order valence-corrected chi connectivity index (χ4v) is 1.04. The maximum Gasteiger partial charge on any atom is 0.364 e. The van der Waals surface area contributed by atoms with Crippen LogP contribution in [0.1, 0.15) is 12.5 Å². The molecule has 0 saturated carbocycles. The normalized spacial score (nSPS) is 11.6. The maximum absolute atomic E-state index is 11.3. The lowest BCUT2D eigenvalue weighted by molar-refractivity contribution is -0.140. The molecule has 5 nitrogen and oxygen atoms in total. The SMILES string of the molecule is CC(O)=C(N=O)C(=O)OCc1ccccc1. The summed E-state index contributed by atoms with van der Waals surface area (Å²) in [6.07, 6.45) is 0. The summed E-state index contributed by atoms with van der Waals surface area (Å²) in [5, 5.41) is 11.4. The number of benzene rings is 1. The Morgan fingerprint density at radius 3 is 2.50 bits per heavy atom. The highest BCUT2D eigenvalue weighted by atomic mass is 16.5. The van der Waals surface area contributed by atoms with Crippen LogP contribution in [0, 0.1) is 4.91 Å². The van der Waals surface area contributed by atoms with E-state index >= 15 is 0 Å². The summed E-state index contributed by atoms with van der Waals surface area (Å²) in [5.74, 6) is -1.38. The van der Waals surface area contributed by atoms with Gasteiger partial charge < -0.3 is 9.84 Å². The second-order valence-electron chi connectivity index (χ2n) is 3.09. The van der Waals surface area contributed by atoms with Crippen LogP contribution in [0.3, 0.4) is 0 Å². The molecule has 1 N–H and O–H groups in total. The average Bonchev–Trinajstić information content (AvgIpc) is 2.28. The third-order valence-corrected chi connectivity index (χ3v) is 1.84. The van der Waals surface area contributed by atoms with E-state index in [-0.39, 0.29) is 6.61 Å². The number of nitrogens with zero attached hydrogens (tertiary/aromatic N) is 1. The van der Waals surface area contributed by atoms with E-state index in [1.165, 1.54) is 6.92 Å². The molecule has 0 aliphatic rings. The zero-order valence-electron chi connectivity index (χ0n) is 8.71. The van der Waals surface area contributed by atoms with E-state index in [4.69, 9.17) is 9.84 Å². The van der Waals surface area contributed by atoms with Crippen molar-refractivity contribution in [2.24, 2.45) is 5.18 Å². The van der Waals surface area contributed by atoms with Gasteiger partial charge in [0, 0.05) is 0 Å². The number of hydrogen-bond donors (Lipinski definition) is 1. The minimum atomic E-state index is -0.932. The van der Waals surface area contributed by atoms with Crippen molar-refractivity contribution in [1.82, 2.24) is 0 Å². The lowest BCUT2D eigenvalue weighted by Gasteiger charge is -2.03. The van der Waals surface area contributed by atoms with Crippen molar-refractivity contribution in [3.8, 4) is 0 Å². The van der Waals surface area contributed by atoms with Crippen LogP contribution in [-0.4, -0.2) is 11.1 Å². The van der Waals surface area contributed by atoms with Crippen molar-refractivity contribution >= 4 is 5.97 Å². The lowest BCUT2D eigenvalue weighted by Crippen LogP contribution is -2.08. The third kappa shape index (κ3) is 3.20. The number of hydrogen-bond acceptors (Lipinski definition) is 5. The van der Waals surface area contributed by atoms with Crippen LogP contribution in [0.25, 0.3) is 0 Å². The minimum absolute atomic E-state index is 0.0337. The predicted molar refractivity (Wildman–Crippen MR) is 57.4 cm³/mol. The Morgan fingerprint density at radius 1 is 1.38 bits per heavy atom. The number of carbonyl (C=O) groups excluding carboxylic acids is 1. The molecular formula is C11H11NO4. The van der Waals surface area contributed by atoms with E-state index in [0.29, 0.717) is 0 Å². The molecule has 0 saturated heterocycles. The number of carbonyl (C=O) groups is 1. The maximum atomic E-state index is 11.3. The van der Waals surface area contributed by atoms with E-state index in [0.717, 1.165) is 5.56 Å². The number of aliphatic hydroxyl groups excluding tert-OH is 1. The number of ether oxygens (including phenoxy) is 1. The monoisotopic (exact) mass is 221 g/mol. The molecule has 0 aromatic heterocycles. The molecule has 0 aliphatic heterocycles. The van der Waals surface area contributed by atoms with Crippen molar-refractivity contribution in [3.63, 3.8) is 0 Å². The molecule has 0 amide bonds. The molecule has 0 unspecified atom stereocenters. The summed E-state index contributed by atoms with van der Waals surface area (Å²) >= 11 is 0. The molecule has 0 aliphatic carbocycles. The predicted octanol–water partition coefficient (Wildman–Crippen LogP) is 2.29. The van der Waals surface area contributed by atoms with Crippen molar-refractivity contribution in [2.45, 2.75) is 13.5 Å². The Balaban J connectivity index is 2.60. The number of allylic oxidation sites excluding steroid dienone is 1. The largest absolute Gasteiger partial charge is 0.510 e. The highest BCUT2D eigenvalue weighted by Crippen LogP contribution is 2.08. The van der Waals surface area contributed by atoms with Crippen molar-refractivity contribution < 1.29 is 14.6 Å². The summed E-state index contributed by atoms with van der Waals surface area (Å²) < 4.78 is 4.79. The minimum Gasteiger partial charge on any atom is -0.510 e. The standard InChI is InChI=1S/C11H11NO4/c1-8(13)10(12-15)11(14)16-7-9-5-3-2-4-6-9/h2-6,13H,7H2,1H3. The smallest absolute Gasteiger partial charge is 0.364 e. The van der Waals surface area contributed by atoms with E-state index in [1.807, 2.05) is 6.07 Å². The van der Waals surface area contributed by atoms with E-state index < -0.39 is 17.4 Å².